The lowest BCUT2D eigenvalue weighted by Crippen LogP contribution is -2.49. The summed E-state index contributed by atoms with van der Waals surface area (Å²) in [4.78, 5) is 18.2. The second-order valence-electron chi connectivity index (χ2n) is 6.94. The molecule has 2 atom stereocenters. The molecule has 3 nitrogen and oxygen atoms in total. The maximum Gasteiger partial charge on any atom is 0.233 e. The molecule has 4 heteroatoms. The molecule has 1 amide bonds. The first-order valence-corrected chi connectivity index (χ1v) is 9.21. The Morgan fingerprint density at radius 2 is 2.23 bits per heavy atom. The van der Waals surface area contributed by atoms with Crippen LogP contribution in [0.3, 0.4) is 0 Å². The molecule has 0 saturated carbocycles. The van der Waals surface area contributed by atoms with E-state index >= 15 is 0 Å². The molecule has 22 heavy (non-hydrogen) atoms. The van der Waals surface area contributed by atoms with Crippen molar-refractivity contribution in [3.8, 4) is 0 Å². The number of carbonyl (C=O) groups is 1. The van der Waals surface area contributed by atoms with Crippen molar-refractivity contribution >= 4 is 32.7 Å². The van der Waals surface area contributed by atoms with Gasteiger partial charge in [-0.25, -0.2) is 0 Å². The smallest absolute Gasteiger partial charge is 0.233 e. The molecule has 2 aromatic rings. The molecule has 0 radical (unpaired) electrons. The van der Waals surface area contributed by atoms with Crippen LogP contribution >= 0.6 is 15.9 Å². The van der Waals surface area contributed by atoms with Crippen molar-refractivity contribution in [2.75, 3.05) is 11.9 Å². The highest BCUT2D eigenvalue weighted by atomic mass is 79.9. The minimum absolute atomic E-state index is 0.202. The predicted molar refractivity (Wildman–Crippen MR) is 92.2 cm³/mol. The van der Waals surface area contributed by atoms with Gasteiger partial charge in [0, 0.05) is 28.7 Å². The number of piperidine rings is 1. The number of likely N-dealkylation sites (tertiary alicyclic amines) is 1. The largest absolute Gasteiger partial charge is 0.358 e. The van der Waals surface area contributed by atoms with Gasteiger partial charge in [-0.2, -0.15) is 0 Å². The number of benzene rings is 1. The summed E-state index contributed by atoms with van der Waals surface area (Å²) in [6.45, 7) is 3.25. The van der Waals surface area contributed by atoms with E-state index < -0.39 is 0 Å². The zero-order valence-electron chi connectivity index (χ0n) is 12.9. The molecule has 2 aliphatic rings. The van der Waals surface area contributed by atoms with Crippen molar-refractivity contribution in [1.82, 2.24) is 9.88 Å². The van der Waals surface area contributed by atoms with Gasteiger partial charge in [0.05, 0.1) is 11.4 Å². The number of nitrogens with zero attached hydrogens (tertiary/aromatic N) is 1. The highest BCUT2D eigenvalue weighted by Gasteiger charge is 2.47. The number of nitrogens with one attached hydrogen (secondary N) is 1. The van der Waals surface area contributed by atoms with Crippen LogP contribution in [0.5, 0.6) is 0 Å². The van der Waals surface area contributed by atoms with Gasteiger partial charge in [0.1, 0.15) is 0 Å². The number of para-hydroxylation sites is 1. The fourth-order valence-corrected chi connectivity index (χ4v) is 4.87. The summed E-state index contributed by atoms with van der Waals surface area (Å²) in [5.74, 6) is 0.217. The van der Waals surface area contributed by atoms with E-state index in [9.17, 15) is 4.79 Å². The van der Waals surface area contributed by atoms with Crippen LogP contribution in [-0.2, 0) is 11.2 Å². The Hall–Kier alpha value is -1.29. The van der Waals surface area contributed by atoms with Crippen LogP contribution in [0, 0.1) is 5.41 Å². The Morgan fingerprint density at radius 3 is 3.05 bits per heavy atom. The number of amides is 1. The first-order valence-electron chi connectivity index (χ1n) is 8.09. The minimum atomic E-state index is 0.202. The van der Waals surface area contributed by atoms with Crippen LogP contribution in [-0.4, -0.2) is 27.7 Å². The van der Waals surface area contributed by atoms with Gasteiger partial charge < -0.3 is 9.88 Å². The van der Waals surface area contributed by atoms with E-state index in [1.807, 2.05) is 0 Å². The second kappa shape index (κ2) is 5.12. The molecule has 0 unspecified atom stereocenters. The Kier molecular flexibility index (Phi) is 3.33. The van der Waals surface area contributed by atoms with E-state index in [-0.39, 0.29) is 17.4 Å². The van der Waals surface area contributed by atoms with Crippen molar-refractivity contribution < 1.29 is 4.79 Å². The zero-order valence-corrected chi connectivity index (χ0v) is 14.4. The molecule has 1 aliphatic heterocycles. The first-order chi connectivity index (χ1) is 10.6. The van der Waals surface area contributed by atoms with Crippen molar-refractivity contribution in [2.24, 2.45) is 5.41 Å². The molecule has 1 saturated heterocycles. The van der Waals surface area contributed by atoms with Gasteiger partial charge in [0.2, 0.25) is 5.91 Å². The highest BCUT2D eigenvalue weighted by Crippen LogP contribution is 2.54. The van der Waals surface area contributed by atoms with Crippen LogP contribution in [0.1, 0.15) is 43.5 Å². The number of fused-ring (bicyclic) bond motifs is 5. The van der Waals surface area contributed by atoms with Gasteiger partial charge in [-0.05, 0) is 37.2 Å². The lowest BCUT2D eigenvalue weighted by Gasteiger charge is -2.51. The van der Waals surface area contributed by atoms with Crippen molar-refractivity contribution in [1.29, 1.82) is 0 Å². The number of rotatable bonds is 1. The van der Waals surface area contributed by atoms with Crippen LogP contribution in [0.25, 0.3) is 10.9 Å². The molecule has 0 spiro atoms. The average molecular weight is 361 g/mol. The van der Waals surface area contributed by atoms with Gasteiger partial charge in [0.15, 0.2) is 0 Å². The molecular weight excluding hydrogens is 340 g/mol. The quantitative estimate of drug-likeness (QED) is 0.760. The first kappa shape index (κ1) is 14.3. The Labute approximate surface area is 139 Å². The van der Waals surface area contributed by atoms with Crippen LogP contribution in [0.4, 0.5) is 0 Å². The van der Waals surface area contributed by atoms with E-state index in [0.29, 0.717) is 5.33 Å². The third kappa shape index (κ3) is 1.96. The molecule has 1 aromatic carbocycles. The van der Waals surface area contributed by atoms with Gasteiger partial charge in [0.25, 0.3) is 0 Å². The number of alkyl halides is 1. The summed E-state index contributed by atoms with van der Waals surface area (Å²) >= 11 is 3.37. The van der Waals surface area contributed by atoms with E-state index in [0.717, 1.165) is 25.8 Å². The summed E-state index contributed by atoms with van der Waals surface area (Å²) in [5, 5.41) is 1.71. The number of H-pyrrole nitrogens is 1. The molecule has 2 heterocycles. The second-order valence-corrected chi connectivity index (χ2v) is 7.50. The van der Waals surface area contributed by atoms with E-state index in [4.69, 9.17) is 0 Å². The fraction of sp³-hybridized carbons (Fsp3) is 0.500. The Bertz CT molecular complexity index is 738. The number of halogens is 1. The molecule has 116 valence electrons. The number of aryl methyl sites for hydroxylation is 1. The molecule has 4 rings (SSSR count). The van der Waals surface area contributed by atoms with Crippen molar-refractivity contribution in [3.63, 3.8) is 0 Å². The van der Waals surface area contributed by atoms with Crippen LogP contribution in [0.15, 0.2) is 24.3 Å². The standard InChI is InChI=1S/C18H21BrN2O/c1-18-8-4-10-21(15(22)11-19)17(18)16-12-5-2-3-6-13(12)20-14(16)7-9-18/h2-3,5-6,17,20H,4,7-11H2,1H3/t17-,18+/m0/s1. The van der Waals surface area contributed by atoms with Crippen LogP contribution in [0.2, 0.25) is 0 Å². The van der Waals surface area contributed by atoms with Gasteiger partial charge in [-0.1, -0.05) is 41.1 Å². The molecular formula is C18H21BrN2O. The maximum atomic E-state index is 12.5. The Morgan fingerprint density at radius 1 is 1.41 bits per heavy atom. The number of aromatic amines is 1. The topological polar surface area (TPSA) is 36.1 Å². The van der Waals surface area contributed by atoms with Gasteiger partial charge in [-0.15, -0.1) is 0 Å². The fourth-order valence-electron chi connectivity index (χ4n) is 4.55. The van der Waals surface area contributed by atoms with Crippen LogP contribution < -0.4 is 0 Å². The molecule has 1 aromatic heterocycles. The monoisotopic (exact) mass is 360 g/mol. The van der Waals surface area contributed by atoms with Crippen molar-refractivity contribution in [3.05, 3.63) is 35.5 Å². The molecule has 1 N–H and O–H groups in total. The maximum absolute atomic E-state index is 12.5. The summed E-state index contributed by atoms with van der Waals surface area (Å²) < 4.78 is 0. The van der Waals surface area contributed by atoms with Crippen molar-refractivity contribution in [2.45, 2.75) is 38.6 Å². The summed E-state index contributed by atoms with van der Waals surface area (Å²) in [6.07, 6.45) is 4.57. The number of aromatic nitrogens is 1. The van der Waals surface area contributed by atoms with E-state index in [1.54, 1.807) is 0 Å². The SMILES string of the molecule is C[C@]12CCCN(C(=O)CBr)[C@H]1c1c([nH]c3ccccc13)CC2. The Balaban J connectivity index is 1.93. The third-order valence-corrected chi connectivity index (χ3v) is 6.08. The lowest BCUT2D eigenvalue weighted by atomic mass is 9.65. The summed E-state index contributed by atoms with van der Waals surface area (Å²) in [7, 11) is 0. The lowest BCUT2D eigenvalue weighted by molar-refractivity contribution is -0.137. The molecule has 1 aliphatic carbocycles. The highest BCUT2D eigenvalue weighted by molar-refractivity contribution is 9.09. The molecule has 1 fully saturated rings. The normalized spacial score (nSPS) is 27.5. The van der Waals surface area contributed by atoms with Gasteiger partial charge >= 0.3 is 0 Å². The third-order valence-electron chi connectivity index (χ3n) is 5.60. The number of carbonyl (C=O) groups excluding carboxylic acids is 1. The summed E-state index contributed by atoms with van der Waals surface area (Å²) in [6, 6.07) is 8.73. The van der Waals surface area contributed by atoms with E-state index in [2.05, 4.69) is 57.0 Å². The van der Waals surface area contributed by atoms with E-state index in [1.165, 1.54) is 28.6 Å². The zero-order chi connectivity index (χ0) is 15.3. The average Bonchev–Trinajstić information content (AvgIpc) is 2.91. The summed E-state index contributed by atoms with van der Waals surface area (Å²) in [5.41, 5.74) is 4.11. The molecule has 0 bridgehead atoms. The minimum Gasteiger partial charge on any atom is -0.358 e. The number of hydrogen-bond acceptors (Lipinski definition) is 1. The number of hydrogen-bond donors (Lipinski definition) is 1. The van der Waals surface area contributed by atoms with Gasteiger partial charge in [-0.3, -0.25) is 4.79 Å². The predicted octanol–water partition coefficient (Wildman–Crippen LogP) is 4.18.